The molecule has 118 valence electrons. The van der Waals surface area contributed by atoms with Crippen molar-refractivity contribution in [1.82, 2.24) is 9.80 Å². The summed E-state index contributed by atoms with van der Waals surface area (Å²) in [5.41, 5.74) is 6.53. The van der Waals surface area contributed by atoms with E-state index in [1.165, 1.54) is 77.4 Å². The topological polar surface area (TPSA) is 32.5 Å². The van der Waals surface area contributed by atoms with Crippen LogP contribution in [0.4, 0.5) is 0 Å². The Kier molecular flexibility index (Phi) is 6.31. The zero-order valence-electron chi connectivity index (χ0n) is 13.7. The lowest BCUT2D eigenvalue weighted by molar-refractivity contribution is 0.0635. The highest BCUT2D eigenvalue weighted by molar-refractivity contribution is 4.92. The van der Waals surface area contributed by atoms with Crippen molar-refractivity contribution in [3.63, 3.8) is 0 Å². The normalized spacial score (nSPS) is 26.4. The van der Waals surface area contributed by atoms with Gasteiger partial charge in [-0.25, -0.2) is 0 Å². The van der Waals surface area contributed by atoms with Gasteiger partial charge in [-0.3, -0.25) is 4.90 Å². The molecule has 2 fully saturated rings. The molecule has 0 unspecified atom stereocenters. The summed E-state index contributed by atoms with van der Waals surface area (Å²) in [4.78, 5) is 5.11. The summed E-state index contributed by atoms with van der Waals surface area (Å²) >= 11 is 0. The molecule has 3 heteroatoms. The predicted molar refractivity (Wildman–Crippen MR) is 87.0 cm³/mol. The van der Waals surface area contributed by atoms with Gasteiger partial charge in [0.15, 0.2) is 0 Å². The molecule has 0 atom stereocenters. The van der Waals surface area contributed by atoms with E-state index in [2.05, 4.69) is 23.9 Å². The first-order chi connectivity index (χ1) is 9.66. The number of piperidine rings is 1. The van der Waals surface area contributed by atoms with Crippen molar-refractivity contribution in [1.29, 1.82) is 0 Å². The minimum Gasteiger partial charge on any atom is -0.329 e. The number of nitrogens with zero attached hydrogens (tertiary/aromatic N) is 2. The second-order valence-electron chi connectivity index (χ2n) is 7.32. The number of rotatable bonds is 4. The Labute approximate surface area is 125 Å². The first-order valence-corrected chi connectivity index (χ1v) is 8.76. The minimum absolute atomic E-state index is 0.295. The average molecular weight is 281 g/mol. The van der Waals surface area contributed by atoms with Gasteiger partial charge in [0.1, 0.15) is 0 Å². The van der Waals surface area contributed by atoms with Crippen LogP contribution in [0.25, 0.3) is 0 Å². The van der Waals surface area contributed by atoms with E-state index in [0.717, 1.165) is 12.5 Å². The van der Waals surface area contributed by atoms with E-state index in [1.807, 2.05) is 0 Å². The van der Waals surface area contributed by atoms with Crippen molar-refractivity contribution in [2.75, 3.05) is 40.3 Å². The maximum Gasteiger partial charge on any atom is 0.0328 e. The Morgan fingerprint density at radius 3 is 2.15 bits per heavy atom. The summed E-state index contributed by atoms with van der Waals surface area (Å²) in [5.74, 6) is 0.880. The number of likely N-dealkylation sites (tertiary alicyclic amines) is 1. The van der Waals surface area contributed by atoms with E-state index in [4.69, 9.17) is 5.73 Å². The van der Waals surface area contributed by atoms with E-state index in [1.54, 1.807) is 0 Å². The van der Waals surface area contributed by atoms with Gasteiger partial charge in [-0.05, 0) is 58.8 Å². The highest BCUT2D eigenvalue weighted by Gasteiger charge is 2.34. The average Bonchev–Trinajstić information content (AvgIpc) is 2.42. The maximum absolute atomic E-state index is 6.24. The predicted octanol–water partition coefficient (Wildman–Crippen LogP) is 2.70. The highest BCUT2D eigenvalue weighted by atomic mass is 15.2. The zero-order valence-corrected chi connectivity index (χ0v) is 13.7. The lowest BCUT2D eigenvalue weighted by Crippen LogP contribution is -2.54. The van der Waals surface area contributed by atoms with Crippen LogP contribution in [0.3, 0.4) is 0 Å². The second kappa shape index (κ2) is 7.77. The molecule has 0 spiro atoms. The molecule has 0 aromatic rings. The Morgan fingerprint density at radius 1 is 1.05 bits per heavy atom. The first kappa shape index (κ1) is 16.3. The van der Waals surface area contributed by atoms with Crippen molar-refractivity contribution >= 4 is 0 Å². The van der Waals surface area contributed by atoms with Gasteiger partial charge in [-0.2, -0.15) is 0 Å². The van der Waals surface area contributed by atoms with Crippen molar-refractivity contribution in [3.8, 4) is 0 Å². The smallest absolute Gasteiger partial charge is 0.0328 e. The molecule has 1 aliphatic heterocycles. The maximum atomic E-state index is 6.24. The molecule has 2 aliphatic rings. The molecule has 3 nitrogen and oxygen atoms in total. The van der Waals surface area contributed by atoms with Crippen molar-refractivity contribution in [2.24, 2.45) is 11.7 Å². The fraction of sp³-hybridized carbons (Fsp3) is 1.00. The number of nitrogens with two attached hydrogens (primary N) is 1. The van der Waals surface area contributed by atoms with Crippen LogP contribution in [0.15, 0.2) is 0 Å². The third kappa shape index (κ3) is 4.19. The summed E-state index contributed by atoms with van der Waals surface area (Å²) in [6.45, 7) is 4.64. The molecule has 2 rings (SSSR count). The Bertz CT molecular complexity index is 263. The standard InChI is InChI=1S/C17H35N3/c1-19-12-8-16(9-13-19)14-20(2)17(15-18)10-6-4-3-5-7-11-17/h16H,3-15,18H2,1-2H3. The summed E-state index contributed by atoms with van der Waals surface area (Å²) in [6.07, 6.45) is 12.3. The van der Waals surface area contributed by atoms with Crippen molar-refractivity contribution < 1.29 is 0 Å². The number of hydrogen-bond donors (Lipinski definition) is 1. The fourth-order valence-electron chi connectivity index (χ4n) is 4.13. The number of hydrogen-bond acceptors (Lipinski definition) is 3. The molecular weight excluding hydrogens is 246 g/mol. The van der Waals surface area contributed by atoms with Crippen LogP contribution < -0.4 is 5.73 Å². The summed E-state index contributed by atoms with van der Waals surface area (Å²) < 4.78 is 0. The summed E-state index contributed by atoms with van der Waals surface area (Å²) in [5, 5.41) is 0. The molecule has 1 heterocycles. The van der Waals surface area contributed by atoms with Gasteiger partial charge in [0.25, 0.3) is 0 Å². The van der Waals surface area contributed by atoms with Crippen LogP contribution in [0, 0.1) is 5.92 Å². The van der Waals surface area contributed by atoms with Crippen LogP contribution in [0.2, 0.25) is 0 Å². The lowest BCUT2D eigenvalue weighted by Gasteiger charge is -2.45. The molecular formula is C17H35N3. The van der Waals surface area contributed by atoms with Gasteiger partial charge in [0, 0.05) is 18.6 Å². The number of likely N-dealkylation sites (N-methyl/N-ethyl adjacent to an activating group) is 1. The lowest BCUT2D eigenvalue weighted by atomic mass is 9.81. The van der Waals surface area contributed by atoms with Gasteiger partial charge in [-0.15, -0.1) is 0 Å². The van der Waals surface area contributed by atoms with Crippen LogP contribution in [-0.4, -0.2) is 55.6 Å². The van der Waals surface area contributed by atoms with Gasteiger partial charge in [0.2, 0.25) is 0 Å². The third-order valence-corrected chi connectivity index (χ3v) is 5.84. The van der Waals surface area contributed by atoms with Crippen molar-refractivity contribution in [3.05, 3.63) is 0 Å². The Balaban J connectivity index is 1.90. The van der Waals surface area contributed by atoms with Gasteiger partial charge in [0.05, 0.1) is 0 Å². The molecule has 0 aromatic carbocycles. The minimum atomic E-state index is 0.295. The second-order valence-corrected chi connectivity index (χ2v) is 7.32. The monoisotopic (exact) mass is 281 g/mol. The van der Waals surface area contributed by atoms with E-state index < -0.39 is 0 Å². The SMILES string of the molecule is CN1CCC(CN(C)C2(CN)CCCCCCC2)CC1. The molecule has 0 radical (unpaired) electrons. The van der Waals surface area contributed by atoms with Gasteiger partial charge in [-0.1, -0.05) is 32.1 Å². The van der Waals surface area contributed by atoms with Gasteiger partial charge < -0.3 is 10.6 Å². The van der Waals surface area contributed by atoms with Gasteiger partial charge >= 0.3 is 0 Å². The largest absolute Gasteiger partial charge is 0.329 e. The Morgan fingerprint density at radius 2 is 1.60 bits per heavy atom. The zero-order chi connectivity index (χ0) is 14.4. The summed E-state index contributed by atoms with van der Waals surface area (Å²) in [6, 6.07) is 0. The Hall–Kier alpha value is -0.120. The highest BCUT2D eigenvalue weighted by Crippen LogP contribution is 2.31. The molecule has 0 bridgehead atoms. The van der Waals surface area contributed by atoms with Crippen LogP contribution in [0.1, 0.15) is 57.8 Å². The quantitative estimate of drug-likeness (QED) is 0.860. The van der Waals surface area contributed by atoms with Crippen LogP contribution in [-0.2, 0) is 0 Å². The van der Waals surface area contributed by atoms with E-state index in [0.29, 0.717) is 5.54 Å². The molecule has 1 saturated heterocycles. The van der Waals surface area contributed by atoms with Crippen LogP contribution in [0.5, 0.6) is 0 Å². The fourth-order valence-corrected chi connectivity index (χ4v) is 4.13. The van der Waals surface area contributed by atoms with Crippen LogP contribution >= 0.6 is 0 Å². The van der Waals surface area contributed by atoms with Crippen molar-refractivity contribution in [2.45, 2.75) is 63.3 Å². The molecule has 0 amide bonds. The van der Waals surface area contributed by atoms with E-state index >= 15 is 0 Å². The molecule has 1 aliphatic carbocycles. The molecule has 0 aromatic heterocycles. The third-order valence-electron chi connectivity index (χ3n) is 5.84. The molecule has 20 heavy (non-hydrogen) atoms. The first-order valence-electron chi connectivity index (χ1n) is 8.76. The molecule has 1 saturated carbocycles. The molecule has 2 N–H and O–H groups in total. The van der Waals surface area contributed by atoms with E-state index in [9.17, 15) is 0 Å². The summed E-state index contributed by atoms with van der Waals surface area (Å²) in [7, 11) is 4.59. The van der Waals surface area contributed by atoms with E-state index in [-0.39, 0.29) is 0 Å².